The quantitative estimate of drug-likeness (QED) is 0.917. The summed E-state index contributed by atoms with van der Waals surface area (Å²) in [6, 6.07) is 0.283. The SMILES string of the molecule is CCOC1(c2noc(C3CCC(N)C3)n2)CCCCC1. The van der Waals surface area contributed by atoms with E-state index in [-0.39, 0.29) is 11.6 Å². The van der Waals surface area contributed by atoms with Crippen molar-refractivity contribution in [2.45, 2.75) is 75.9 Å². The number of nitrogens with two attached hydrogens (primary N) is 1. The zero-order valence-electron chi connectivity index (χ0n) is 12.3. The summed E-state index contributed by atoms with van der Waals surface area (Å²) in [6.45, 7) is 2.73. The number of hydrogen-bond acceptors (Lipinski definition) is 5. The van der Waals surface area contributed by atoms with Crippen molar-refractivity contribution in [3.63, 3.8) is 0 Å². The van der Waals surface area contributed by atoms with Gasteiger partial charge in [0.2, 0.25) is 11.7 Å². The summed E-state index contributed by atoms with van der Waals surface area (Å²) in [7, 11) is 0. The molecule has 1 aromatic heterocycles. The van der Waals surface area contributed by atoms with Crippen LogP contribution < -0.4 is 5.73 Å². The van der Waals surface area contributed by atoms with Crippen molar-refractivity contribution in [1.29, 1.82) is 0 Å². The molecule has 112 valence electrons. The summed E-state index contributed by atoms with van der Waals surface area (Å²) in [6.07, 6.45) is 8.72. The van der Waals surface area contributed by atoms with E-state index >= 15 is 0 Å². The van der Waals surface area contributed by atoms with Crippen LogP contribution in [-0.4, -0.2) is 22.8 Å². The highest BCUT2D eigenvalue weighted by molar-refractivity contribution is 5.06. The van der Waals surface area contributed by atoms with E-state index in [4.69, 9.17) is 15.0 Å². The first-order valence-electron chi connectivity index (χ1n) is 7.97. The lowest BCUT2D eigenvalue weighted by molar-refractivity contribution is -0.0777. The minimum Gasteiger partial charge on any atom is -0.367 e. The van der Waals surface area contributed by atoms with Crippen molar-refractivity contribution in [3.8, 4) is 0 Å². The third-order valence-electron chi connectivity index (χ3n) is 4.75. The molecule has 2 aliphatic carbocycles. The lowest BCUT2D eigenvalue weighted by atomic mass is 9.84. The van der Waals surface area contributed by atoms with Gasteiger partial charge in [0.05, 0.1) is 0 Å². The van der Waals surface area contributed by atoms with Crippen LogP contribution in [0, 0.1) is 0 Å². The molecular weight excluding hydrogens is 254 g/mol. The Labute approximate surface area is 120 Å². The Morgan fingerprint density at radius 2 is 2.10 bits per heavy atom. The maximum absolute atomic E-state index is 6.04. The van der Waals surface area contributed by atoms with Crippen molar-refractivity contribution >= 4 is 0 Å². The Hall–Kier alpha value is -0.940. The largest absolute Gasteiger partial charge is 0.367 e. The molecule has 0 spiro atoms. The molecule has 2 N–H and O–H groups in total. The summed E-state index contributed by atoms with van der Waals surface area (Å²) in [4.78, 5) is 4.68. The summed E-state index contributed by atoms with van der Waals surface area (Å²) < 4.78 is 11.6. The first kappa shape index (κ1) is 14.0. The maximum Gasteiger partial charge on any atom is 0.229 e. The smallest absolute Gasteiger partial charge is 0.229 e. The van der Waals surface area contributed by atoms with Gasteiger partial charge in [0.25, 0.3) is 0 Å². The molecule has 0 aliphatic heterocycles. The average Bonchev–Trinajstić information content (AvgIpc) is 3.09. The number of ether oxygens (including phenoxy) is 1. The van der Waals surface area contributed by atoms with Crippen molar-refractivity contribution < 1.29 is 9.26 Å². The maximum atomic E-state index is 6.04. The van der Waals surface area contributed by atoms with Crippen LogP contribution >= 0.6 is 0 Å². The van der Waals surface area contributed by atoms with Crippen LogP contribution in [0.15, 0.2) is 4.52 Å². The molecule has 0 bridgehead atoms. The molecule has 2 fully saturated rings. The molecule has 2 saturated carbocycles. The summed E-state index contributed by atoms with van der Waals surface area (Å²) >= 11 is 0. The second-order valence-corrected chi connectivity index (χ2v) is 6.21. The van der Waals surface area contributed by atoms with Gasteiger partial charge in [0.15, 0.2) is 0 Å². The molecule has 2 atom stereocenters. The predicted octanol–water partition coefficient (Wildman–Crippen LogP) is 2.86. The van der Waals surface area contributed by atoms with E-state index in [0.717, 1.165) is 43.8 Å². The van der Waals surface area contributed by atoms with Gasteiger partial charge >= 0.3 is 0 Å². The molecule has 20 heavy (non-hydrogen) atoms. The lowest BCUT2D eigenvalue weighted by Gasteiger charge is -2.33. The molecule has 0 saturated heterocycles. The monoisotopic (exact) mass is 279 g/mol. The van der Waals surface area contributed by atoms with Gasteiger partial charge in [-0.25, -0.2) is 0 Å². The van der Waals surface area contributed by atoms with Gasteiger partial charge in [-0.1, -0.05) is 24.4 Å². The van der Waals surface area contributed by atoms with Gasteiger partial charge in [-0.3, -0.25) is 0 Å². The van der Waals surface area contributed by atoms with E-state index in [0.29, 0.717) is 12.5 Å². The summed E-state index contributed by atoms with van der Waals surface area (Å²) in [5.41, 5.74) is 5.66. The van der Waals surface area contributed by atoms with E-state index in [2.05, 4.69) is 10.1 Å². The molecule has 2 aliphatic rings. The van der Waals surface area contributed by atoms with E-state index in [9.17, 15) is 0 Å². The first-order chi connectivity index (χ1) is 9.73. The lowest BCUT2D eigenvalue weighted by Crippen LogP contribution is -2.33. The van der Waals surface area contributed by atoms with Crippen LogP contribution in [-0.2, 0) is 10.3 Å². The van der Waals surface area contributed by atoms with Crippen LogP contribution in [0.4, 0.5) is 0 Å². The van der Waals surface area contributed by atoms with Crippen LogP contribution in [0.3, 0.4) is 0 Å². The molecule has 5 nitrogen and oxygen atoms in total. The fourth-order valence-corrected chi connectivity index (χ4v) is 3.66. The zero-order chi connectivity index (χ0) is 14.0. The molecule has 0 aromatic carbocycles. The van der Waals surface area contributed by atoms with Gasteiger partial charge in [-0.15, -0.1) is 0 Å². The molecule has 0 amide bonds. The molecule has 0 radical (unpaired) electrons. The number of hydrogen-bond donors (Lipinski definition) is 1. The standard InChI is InChI=1S/C15H25N3O2/c1-2-19-15(8-4-3-5-9-15)14-17-13(20-18-14)11-6-7-12(16)10-11/h11-12H,2-10,16H2,1H3. The third-order valence-corrected chi connectivity index (χ3v) is 4.75. The highest BCUT2D eigenvalue weighted by Gasteiger charge is 2.40. The van der Waals surface area contributed by atoms with Crippen molar-refractivity contribution in [2.75, 3.05) is 6.61 Å². The number of aromatic nitrogens is 2. The summed E-state index contributed by atoms with van der Waals surface area (Å²) in [5, 5.41) is 4.25. The van der Waals surface area contributed by atoms with E-state index in [1.54, 1.807) is 0 Å². The minimum absolute atomic E-state index is 0.283. The van der Waals surface area contributed by atoms with Gasteiger partial charge in [-0.2, -0.15) is 4.98 Å². The van der Waals surface area contributed by atoms with E-state index < -0.39 is 0 Å². The van der Waals surface area contributed by atoms with E-state index in [1.165, 1.54) is 19.3 Å². The predicted molar refractivity (Wildman–Crippen MR) is 75.3 cm³/mol. The topological polar surface area (TPSA) is 74.2 Å². The minimum atomic E-state index is -0.310. The fraction of sp³-hybridized carbons (Fsp3) is 0.867. The second-order valence-electron chi connectivity index (χ2n) is 6.21. The van der Waals surface area contributed by atoms with Crippen LogP contribution in [0.2, 0.25) is 0 Å². The molecular formula is C15H25N3O2. The van der Waals surface area contributed by atoms with Crippen molar-refractivity contribution in [3.05, 3.63) is 11.7 Å². The Kier molecular flexibility index (Phi) is 4.08. The number of nitrogens with zero attached hydrogens (tertiary/aromatic N) is 2. The van der Waals surface area contributed by atoms with Crippen molar-refractivity contribution in [1.82, 2.24) is 10.1 Å². The first-order valence-corrected chi connectivity index (χ1v) is 7.97. The highest BCUT2D eigenvalue weighted by atomic mass is 16.5. The molecule has 1 heterocycles. The van der Waals surface area contributed by atoms with Crippen LogP contribution in [0.1, 0.15) is 75.9 Å². The average molecular weight is 279 g/mol. The van der Waals surface area contributed by atoms with Crippen LogP contribution in [0.5, 0.6) is 0 Å². The van der Waals surface area contributed by atoms with Gasteiger partial charge < -0.3 is 15.0 Å². The van der Waals surface area contributed by atoms with Crippen molar-refractivity contribution in [2.24, 2.45) is 5.73 Å². The molecule has 2 unspecified atom stereocenters. The highest BCUT2D eigenvalue weighted by Crippen LogP contribution is 2.40. The molecule has 5 heteroatoms. The van der Waals surface area contributed by atoms with Gasteiger partial charge in [0.1, 0.15) is 5.60 Å². The Morgan fingerprint density at radius 3 is 2.75 bits per heavy atom. The molecule has 3 rings (SSSR count). The normalized spacial score (nSPS) is 29.7. The molecule has 1 aromatic rings. The fourth-order valence-electron chi connectivity index (χ4n) is 3.66. The van der Waals surface area contributed by atoms with Gasteiger partial charge in [-0.05, 0) is 39.0 Å². The van der Waals surface area contributed by atoms with Crippen LogP contribution in [0.25, 0.3) is 0 Å². The second kappa shape index (κ2) is 5.82. The zero-order valence-corrected chi connectivity index (χ0v) is 12.3. The number of rotatable bonds is 4. The Morgan fingerprint density at radius 1 is 1.30 bits per heavy atom. The van der Waals surface area contributed by atoms with Gasteiger partial charge in [0, 0.05) is 18.6 Å². The Bertz CT molecular complexity index is 435. The third kappa shape index (κ3) is 2.61. The Balaban J connectivity index is 1.79. The van der Waals surface area contributed by atoms with E-state index in [1.807, 2.05) is 6.92 Å². The summed E-state index contributed by atoms with van der Waals surface area (Å²) in [5.74, 6) is 1.86.